The zero-order valence-electron chi connectivity index (χ0n) is 10.7. The number of amides is 1. The molecule has 0 unspecified atom stereocenters. The fraction of sp³-hybridized carbons (Fsp3) is 0.533. The van der Waals surface area contributed by atoms with Gasteiger partial charge in [-0.15, -0.1) is 0 Å². The van der Waals surface area contributed by atoms with Crippen LogP contribution in [0, 0.1) is 11.8 Å². The Bertz CT molecular complexity index is 440. The Morgan fingerprint density at radius 1 is 1.22 bits per heavy atom. The van der Waals surface area contributed by atoms with Gasteiger partial charge in [0.05, 0.1) is 7.11 Å². The number of hydrogen-bond donors (Lipinski definition) is 1. The summed E-state index contributed by atoms with van der Waals surface area (Å²) >= 11 is 0. The summed E-state index contributed by atoms with van der Waals surface area (Å²) in [6.45, 7) is 0. The molecule has 0 saturated heterocycles. The van der Waals surface area contributed by atoms with Crippen molar-refractivity contribution in [2.45, 2.75) is 31.7 Å². The van der Waals surface area contributed by atoms with Gasteiger partial charge in [0, 0.05) is 11.6 Å². The number of carbonyl (C=O) groups excluding carboxylic acids is 1. The first-order chi connectivity index (χ1) is 8.76. The Morgan fingerprint density at radius 3 is 2.56 bits per heavy atom. The quantitative estimate of drug-likeness (QED) is 0.889. The monoisotopic (exact) mass is 245 g/mol. The van der Waals surface area contributed by atoms with E-state index >= 15 is 0 Å². The van der Waals surface area contributed by atoms with Gasteiger partial charge in [0.2, 0.25) is 0 Å². The zero-order valence-corrected chi connectivity index (χ0v) is 10.7. The number of benzene rings is 1. The van der Waals surface area contributed by atoms with Crippen molar-refractivity contribution < 1.29 is 9.53 Å². The summed E-state index contributed by atoms with van der Waals surface area (Å²) in [6, 6.07) is 7.70. The second-order valence-corrected chi connectivity index (χ2v) is 5.48. The molecule has 1 aromatic carbocycles. The number of hydrogen-bond acceptors (Lipinski definition) is 2. The molecular formula is C15H19NO2. The van der Waals surface area contributed by atoms with Crippen molar-refractivity contribution in [2.75, 3.05) is 7.11 Å². The van der Waals surface area contributed by atoms with Crippen molar-refractivity contribution >= 4 is 5.91 Å². The predicted molar refractivity (Wildman–Crippen MR) is 69.7 cm³/mol. The maximum atomic E-state index is 12.1. The van der Waals surface area contributed by atoms with Gasteiger partial charge in [0.25, 0.3) is 5.91 Å². The minimum absolute atomic E-state index is 0.0511. The van der Waals surface area contributed by atoms with Crippen LogP contribution < -0.4 is 10.1 Å². The number of fused-ring (bicyclic) bond motifs is 2. The second-order valence-electron chi connectivity index (χ2n) is 5.48. The van der Waals surface area contributed by atoms with Crippen molar-refractivity contribution in [1.82, 2.24) is 5.32 Å². The van der Waals surface area contributed by atoms with Crippen molar-refractivity contribution in [3.63, 3.8) is 0 Å². The highest BCUT2D eigenvalue weighted by atomic mass is 16.5. The largest absolute Gasteiger partial charge is 0.497 e. The van der Waals surface area contributed by atoms with E-state index in [0.717, 1.165) is 23.1 Å². The third kappa shape index (κ3) is 2.09. The van der Waals surface area contributed by atoms with Crippen LogP contribution in [0.3, 0.4) is 0 Å². The van der Waals surface area contributed by atoms with Crippen LogP contribution in [0.5, 0.6) is 5.75 Å². The molecule has 0 spiro atoms. The van der Waals surface area contributed by atoms with Crippen molar-refractivity contribution in [2.24, 2.45) is 11.8 Å². The maximum Gasteiger partial charge on any atom is 0.251 e. The van der Waals surface area contributed by atoms with Crippen LogP contribution in [0.25, 0.3) is 0 Å². The third-order valence-corrected chi connectivity index (χ3v) is 4.41. The second kappa shape index (κ2) is 4.63. The first-order valence-electron chi connectivity index (χ1n) is 6.71. The molecule has 1 amide bonds. The minimum atomic E-state index is 0.0511. The predicted octanol–water partition coefficient (Wildman–Crippen LogP) is 2.61. The average Bonchev–Trinajstić information content (AvgIpc) is 3.01. The highest BCUT2D eigenvalue weighted by Gasteiger charge is 2.40. The number of nitrogens with one attached hydrogen (secondary N) is 1. The number of ether oxygens (including phenoxy) is 1. The molecule has 2 aliphatic carbocycles. The molecule has 0 heterocycles. The normalized spacial score (nSPS) is 29.3. The van der Waals surface area contributed by atoms with Gasteiger partial charge in [-0.2, -0.15) is 0 Å². The molecule has 96 valence electrons. The Balaban J connectivity index is 1.64. The minimum Gasteiger partial charge on any atom is -0.497 e. The van der Waals surface area contributed by atoms with Crippen LogP contribution in [0.1, 0.15) is 36.0 Å². The van der Waals surface area contributed by atoms with Crippen molar-refractivity contribution in [1.29, 1.82) is 0 Å². The van der Waals surface area contributed by atoms with E-state index in [0.29, 0.717) is 6.04 Å². The molecule has 0 aromatic heterocycles. The molecule has 3 heteroatoms. The van der Waals surface area contributed by atoms with Crippen LogP contribution >= 0.6 is 0 Å². The van der Waals surface area contributed by atoms with Crippen LogP contribution in [0.2, 0.25) is 0 Å². The molecule has 0 radical (unpaired) electrons. The van der Waals surface area contributed by atoms with Crippen molar-refractivity contribution in [3.8, 4) is 5.75 Å². The summed E-state index contributed by atoms with van der Waals surface area (Å²) < 4.78 is 5.09. The average molecular weight is 245 g/mol. The van der Waals surface area contributed by atoms with Gasteiger partial charge in [-0.05, 0) is 55.4 Å². The summed E-state index contributed by atoms with van der Waals surface area (Å²) in [5, 5.41) is 3.18. The summed E-state index contributed by atoms with van der Waals surface area (Å²) in [5.74, 6) is 2.41. The first-order valence-corrected chi connectivity index (χ1v) is 6.71. The van der Waals surface area contributed by atoms with E-state index < -0.39 is 0 Å². The molecule has 3 rings (SSSR count). The zero-order chi connectivity index (χ0) is 12.5. The lowest BCUT2D eigenvalue weighted by Crippen LogP contribution is -2.38. The van der Waals surface area contributed by atoms with E-state index in [9.17, 15) is 4.79 Å². The highest BCUT2D eigenvalue weighted by molar-refractivity contribution is 5.94. The number of methoxy groups -OCH3 is 1. The van der Waals surface area contributed by atoms with E-state index in [1.54, 1.807) is 7.11 Å². The van der Waals surface area contributed by atoms with E-state index in [1.807, 2.05) is 24.3 Å². The van der Waals surface area contributed by atoms with Gasteiger partial charge < -0.3 is 10.1 Å². The van der Waals surface area contributed by atoms with Crippen LogP contribution in [0.4, 0.5) is 0 Å². The fourth-order valence-electron chi connectivity index (χ4n) is 3.42. The first kappa shape index (κ1) is 11.6. The van der Waals surface area contributed by atoms with E-state index in [-0.39, 0.29) is 5.91 Å². The molecule has 18 heavy (non-hydrogen) atoms. The molecule has 1 N–H and O–H groups in total. The van der Waals surface area contributed by atoms with E-state index in [4.69, 9.17) is 4.74 Å². The fourth-order valence-corrected chi connectivity index (χ4v) is 3.42. The lowest BCUT2D eigenvalue weighted by atomic mass is 9.95. The van der Waals surface area contributed by atoms with Crippen LogP contribution in [-0.4, -0.2) is 19.1 Å². The Hall–Kier alpha value is -1.51. The van der Waals surface area contributed by atoms with Crippen LogP contribution in [0.15, 0.2) is 24.3 Å². The number of rotatable bonds is 3. The van der Waals surface area contributed by atoms with Gasteiger partial charge >= 0.3 is 0 Å². The molecule has 1 aromatic rings. The van der Waals surface area contributed by atoms with Gasteiger partial charge in [-0.25, -0.2) is 0 Å². The highest BCUT2D eigenvalue weighted by Crippen LogP contribution is 2.44. The third-order valence-electron chi connectivity index (χ3n) is 4.41. The van der Waals surface area contributed by atoms with Gasteiger partial charge in [-0.1, -0.05) is 6.42 Å². The molecule has 2 saturated carbocycles. The SMILES string of the molecule is COc1ccc(C(=O)N[C@@H]2C[C@@H]3CC[C@H]2C3)cc1. The van der Waals surface area contributed by atoms with E-state index in [2.05, 4.69) is 5.32 Å². The Morgan fingerprint density at radius 2 is 2.00 bits per heavy atom. The van der Waals surface area contributed by atoms with Gasteiger partial charge in [0.15, 0.2) is 0 Å². The lowest BCUT2D eigenvalue weighted by Gasteiger charge is -2.22. The topological polar surface area (TPSA) is 38.3 Å². The maximum absolute atomic E-state index is 12.1. The molecule has 3 nitrogen and oxygen atoms in total. The smallest absolute Gasteiger partial charge is 0.251 e. The Labute approximate surface area is 108 Å². The van der Waals surface area contributed by atoms with E-state index in [1.165, 1.54) is 25.7 Å². The summed E-state index contributed by atoms with van der Waals surface area (Å²) in [7, 11) is 1.63. The molecule has 2 bridgehead atoms. The Kier molecular flexibility index (Phi) is 2.98. The molecule has 3 atom stereocenters. The summed E-state index contributed by atoms with van der Waals surface area (Å²) in [5.41, 5.74) is 0.721. The van der Waals surface area contributed by atoms with Gasteiger partial charge in [-0.3, -0.25) is 4.79 Å². The standard InChI is InChI=1S/C15H19NO2/c1-18-13-6-4-11(5-7-13)15(17)16-14-9-10-2-3-12(14)8-10/h4-7,10,12,14H,2-3,8-9H2,1H3,(H,16,17)/t10-,12+,14-/m1/s1. The lowest BCUT2D eigenvalue weighted by molar-refractivity contribution is 0.0923. The molecule has 2 aliphatic rings. The number of carbonyl (C=O) groups is 1. The molecule has 2 fully saturated rings. The van der Waals surface area contributed by atoms with Crippen molar-refractivity contribution in [3.05, 3.63) is 29.8 Å². The summed E-state index contributed by atoms with van der Waals surface area (Å²) in [6.07, 6.45) is 5.14. The van der Waals surface area contributed by atoms with Gasteiger partial charge in [0.1, 0.15) is 5.75 Å². The summed E-state index contributed by atoms with van der Waals surface area (Å²) in [4.78, 5) is 12.1. The van der Waals surface area contributed by atoms with Crippen LogP contribution in [-0.2, 0) is 0 Å². The molecule has 0 aliphatic heterocycles. The molecular weight excluding hydrogens is 226 g/mol.